The van der Waals surface area contributed by atoms with Crippen molar-refractivity contribution in [1.29, 1.82) is 0 Å². The van der Waals surface area contributed by atoms with Gasteiger partial charge in [-0.05, 0) is 25.1 Å². The lowest BCUT2D eigenvalue weighted by Gasteiger charge is -2.32. The van der Waals surface area contributed by atoms with E-state index in [1.807, 2.05) is 25.3 Å². The van der Waals surface area contributed by atoms with Crippen molar-refractivity contribution < 1.29 is 13.2 Å². The van der Waals surface area contributed by atoms with E-state index in [2.05, 4.69) is 10.2 Å². The lowest BCUT2D eigenvalue weighted by Crippen LogP contribution is -2.41. The molecule has 0 N–H and O–H groups in total. The van der Waals surface area contributed by atoms with Gasteiger partial charge in [0, 0.05) is 23.5 Å². The molecule has 2 aromatic rings. The zero-order valence-electron chi connectivity index (χ0n) is 14.6. The van der Waals surface area contributed by atoms with Crippen LogP contribution < -0.4 is 4.74 Å². The number of hydrogen-bond acceptors (Lipinski definition) is 5. The molecule has 0 bridgehead atoms. The standard InChI is InChI=1S/C16H21ClN4O3S/c1-10(2)16-19-18-15-9-20(8-11(3)21(15)16)25(22,23)14-7-12(17)5-6-13(14)24-4/h5-7,10-11H,8-9H2,1-4H3/t11-/m0/s1. The van der Waals surface area contributed by atoms with Crippen LogP contribution in [-0.2, 0) is 16.6 Å². The van der Waals surface area contributed by atoms with E-state index in [-0.39, 0.29) is 29.1 Å². The molecule has 1 aliphatic heterocycles. The molecule has 9 heteroatoms. The van der Waals surface area contributed by atoms with Crippen LogP contribution in [0, 0.1) is 0 Å². The summed E-state index contributed by atoms with van der Waals surface area (Å²) < 4.78 is 34.9. The maximum atomic E-state index is 13.1. The molecule has 136 valence electrons. The Bertz CT molecular complexity index is 895. The van der Waals surface area contributed by atoms with E-state index in [1.54, 1.807) is 12.1 Å². The van der Waals surface area contributed by atoms with Crippen molar-refractivity contribution in [1.82, 2.24) is 19.1 Å². The molecule has 0 spiro atoms. The maximum Gasteiger partial charge on any atom is 0.247 e. The fraction of sp³-hybridized carbons (Fsp3) is 0.500. The molecule has 7 nitrogen and oxygen atoms in total. The number of benzene rings is 1. The van der Waals surface area contributed by atoms with Gasteiger partial charge in [-0.2, -0.15) is 4.31 Å². The molecule has 0 radical (unpaired) electrons. The van der Waals surface area contributed by atoms with Crippen LogP contribution in [0.3, 0.4) is 0 Å². The van der Waals surface area contributed by atoms with Gasteiger partial charge >= 0.3 is 0 Å². The predicted molar refractivity (Wildman–Crippen MR) is 94.4 cm³/mol. The quantitative estimate of drug-likeness (QED) is 0.810. The van der Waals surface area contributed by atoms with Crippen molar-refractivity contribution >= 4 is 21.6 Å². The number of methoxy groups -OCH3 is 1. The number of nitrogens with zero attached hydrogens (tertiary/aromatic N) is 4. The first-order valence-corrected chi connectivity index (χ1v) is 9.85. The molecule has 1 aliphatic rings. The van der Waals surface area contributed by atoms with E-state index in [1.165, 1.54) is 17.5 Å². The average molecular weight is 385 g/mol. The highest BCUT2D eigenvalue weighted by Crippen LogP contribution is 2.33. The van der Waals surface area contributed by atoms with Crippen molar-refractivity contribution in [2.24, 2.45) is 0 Å². The Morgan fingerprint density at radius 2 is 2.04 bits per heavy atom. The lowest BCUT2D eigenvalue weighted by atomic mass is 10.1. The number of aromatic nitrogens is 3. The summed E-state index contributed by atoms with van der Waals surface area (Å²) in [7, 11) is -2.33. The monoisotopic (exact) mass is 384 g/mol. The highest BCUT2D eigenvalue weighted by Gasteiger charge is 2.36. The summed E-state index contributed by atoms with van der Waals surface area (Å²) >= 11 is 6.00. The summed E-state index contributed by atoms with van der Waals surface area (Å²) in [5, 5.41) is 8.77. The second-order valence-corrected chi connectivity index (χ2v) is 8.78. The Morgan fingerprint density at radius 3 is 2.68 bits per heavy atom. The summed E-state index contributed by atoms with van der Waals surface area (Å²) in [4.78, 5) is 0.0618. The Hall–Kier alpha value is -1.64. The smallest absolute Gasteiger partial charge is 0.247 e. The lowest BCUT2D eigenvalue weighted by molar-refractivity contribution is 0.284. The molecule has 25 heavy (non-hydrogen) atoms. The zero-order chi connectivity index (χ0) is 18.4. The van der Waals surface area contributed by atoms with Crippen molar-refractivity contribution in [3.63, 3.8) is 0 Å². The minimum Gasteiger partial charge on any atom is -0.495 e. The maximum absolute atomic E-state index is 13.1. The van der Waals surface area contributed by atoms with Gasteiger partial charge in [-0.3, -0.25) is 0 Å². The molecule has 1 aromatic heterocycles. The van der Waals surface area contributed by atoms with Gasteiger partial charge in [-0.25, -0.2) is 8.42 Å². The van der Waals surface area contributed by atoms with Gasteiger partial charge in [-0.1, -0.05) is 25.4 Å². The van der Waals surface area contributed by atoms with Crippen LogP contribution in [0.4, 0.5) is 0 Å². The largest absolute Gasteiger partial charge is 0.495 e. The number of ether oxygens (including phenoxy) is 1. The molecule has 1 atom stereocenters. The SMILES string of the molecule is COc1ccc(Cl)cc1S(=O)(=O)N1Cc2nnc(C(C)C)n2[C@@H](C)C1. The van der Waals surface area contributed by atoms with E-state index in [0.717, 1.165) is 5.82 Å². The van der Waals surface area contributed by atoms with Crippen LogP contribution in [0.15, 0.2) is 23.1 Å². The van der Waals surface area contributed by atoms with Crippen LogP contribution in [0.2, 0.25) is 5.02 Å². The third-order valence-electron chi connectivity index (χ3n) is 4.28. The van der Waals surface area contributed by atoms with E-state index >= 15 is 0 Å². The van der Waals surface area contributed by atoms with E-state index < -0.39 is 10.0 Å². The summed E-state index contributed by atoms with van der Waals surface area (Å²) in [6, 6.07) is 4.52. The second-order valence-electron chi connectivity index (χ2n) is 6.44. The summed E-state index contributed by atoms with van der Waals surface area (Å²) in [6.45, 7) is 6.56. The molecule has 3 rings (SSSR count). The fourth-order valence-electron chi connectivity index (χ4n) is 3.09. The minimum absolute atomic E-state index is 0.0592. The average Bonchev–Trinajstić information content (AvgIpc) is 2.99. The van der Waals surface area contributed by atoms with Crippen LogP contribution in [0.1, 0.15) is 44.4 Å². The van der Waals surface area contributed by atoms with Gasteiger partial charge in [0.05, 0.1) is 13.7 Å². The van der Waals surface area contributed by atoms with Gasteiger partial charge in [0.1, 0.15) is 22.3 Å². The molecule has 2 heterocycles. The van der Waals surface area contributed by atoms with Crippen molar-refractivity contribution in [3.8, 4) is 5.75 Å². The molecule has 0 saturated carbocycles. The van der Waals surface area contributed by atoms with Gasteiger partial charge in [0.15, 0.2) is 0 Å². The number of halogens is 1. The molecular formula is C16H21ClN4O3S. The number of hydrogen-bond donors (Lipinski definition) is 0. The van der Waals surface area contributed by atoms with Gasteiger partial charge < -0.3 is 9.30 Å². The summed E-state index contributed by atoms with van der Waals surface area (Å²) in [6.07, 6.45) is 0. The topological polar surface area (TPSA) is 77.3 Å². The first-order chi connectivity index (χ1) is 11.8. The molecular weight excluding hydrogens is 364 g/mol. The molecule has 0 fully saturated rings. The third-order valence-corrected chi connectivity index (χ3v) is 6.35. The fourth-order valence-corrected chi connectivity index (χ4v) is 4.99. The van der Waals surface area contributed by atoms with Crippen molar-refractivity contribution in [3.05, 3.63) is 34.9 Å². The highest BCUT2D eigenvalue weighted by molar-refractivity contribution is 7.89. The number of fused-ring (bicyclic) bond motifs is 1. The first kappa shape index (κ1) is 18.2. The van der Waals surface area contributed by atoms with Crippen molar-refractivity contribution in [2.75, 3.05) is 13.7 Å². The predicted octanol–water partition coefficient (Wildman–Crippen LogP) is 2.83. The highest BCUT2D eigenvalue weighted by atomic mass is 35.5. The first-order valence-electron chi connectivity index (χ1n) is 8.03. The minimum atomic E-state index is -3.77. The van der Waals surface area contributed by atoms with E-state index in [0.29, 0.717) is 17.4 Å². The van der Waals surface area contributed by atoms with Crippen LogP contribution >= 0.6 is 11.6 Å². The van der Waals surface area contributed by atoms with Gasteiger partial charge in [0.2, 0.25) is 10.0 Å². The Labute approximate surface area is 152 Å². The molecule has 0 unspecified atom stereocenters. The number of sulfonamides is 1. The van der Waals surface area contributed by atoms with Gasteiger partial charge in [0.25, 0.3) is 0 Å². The van der Waals surface area contributed by atoms with E-state index in [4.69, 9.17) is 16.3 Å². The summed E-state index contributed by atoms with van der Waals surface area (Å²) in [5.41, 5.74) is 0. The zero-order valence-corrected chi connectivity index (χ0v) is 16.2. The van der Waals surface area contributed by atoms with Crippen LogP contribution in [-0.4, -0.2) is 41.1 Å². The van der Waals surface area contributed by atoms with Gasteiger partial charge in [-0.15, -0.1) is 10.2 Å². The van der Waals surface area contributed by atoms with E-state index in [9.17, 15) is 8.42 Å². The Kier molecular flexibility index (Phi) is 4.78. The normalized spacial score (nSPS) is 18.4. The Balaban J connectivity index is 2.01. The Morgan fingerprint density at radius 1 is 1.32 bits per heavy atom. The number of rotatable bonds is 4. The third kappa shape index (κ3) is 3.14. The molecule has 0 amide bonds. The summed E-state index contributed by atoms with van der Waals surface area (Å²) in [5.74, 6) is 2.01. The van der Waals surface area contributed by atoms with Crippen molar-refractivity contribution in [2.45, 2.75) is 44.2 Å². The molecule has 1 aromatic carbocycles. The molecule has 0 aliphatic carbocycles. The molecule has 0 saturated heterocycles. The second kappa shape index (κ2) is 6.59. The van der Waals surface area contributed by atoms with Crippen LogP contribution in [0.5, 0.6) is 5.75 Å². The van der Waals surface area contributed by atoms with Crippen LogP contribution in [0.25, 0.3) is 0 Å².